The van der Waals surface area contributed by atoms with Crippen LogP contribution in [0.2, 0.25) is 10.0 Å². The molecule has 0 saturated carbocycles. The second-order valence-corrected chi connectivity index (χ2v) is 10.1. The first-order valence-electron chi connectivity index (χ1n) is 10.3. The Hall–Kier alpha value is -2.42. The van der Waals surface area contributed by atoms with E-state index in [0.29, 0.717) is 52.0 Å². The van der Waals surface area contributed by atoms with Crippen LogP contribution in [0.1, 0.15) is 16.8 Å². The first kappa shape index (κ1) is 21.4. The summed E-state index contributed by atoms with van der Waals surface area (Å²) in [4.78, 5) is 47.2. The van der Waals surface area contributed by atoms with Crippen LogP contribution in [0.25, 0.3) is 10.2 Å². The fraction of sp³-hybridized carbons (Fsp3) is 0.364. The Morgan fingerprint density at radius 3 is 2.47 bits per heavy atom. The molecule has 2 fully saturated rings. The van der Waals surface area contributed by atoms with Crippen LogP contribution in [0, 0.1) is 11.8 Å². The van der Waals surface area contributed by atoms with Gasteiger partial charge in [0, 0.05) is 31.7 Å². The Balaban J connectivity index is 1.26. The third-order valence-corrected chi connectivity index (χ3v) is 7.70. The molecule has 2 aliphatic rings. The fourth-order valence-corrected chi connectivity index (χ4v) is 5.74. The van der Waals surface area contributed by atoms with Crippen molar-refractivity contribution < 1.29 is 9.59 Å². The van der Waals surface area contributed by atoms with E-state index in [1.807, 2.05) is 15.2 Å². The van der Waals surface area contributed by atoms with Gasteiger partial charge in [-0.1, -0.05) is 23.2 Å². The zero-order chi connectivity index (χ0) is 22.4. The van der Waals surface area contributed by atoms with Crippen LogP contribution in [0.3, 0.4) is 0 Å². The van der Waals surface area contributed by atoms with Crippen LogP contribution in [0.5, 0.6) is 0 Å². The molecule has 1 aromatic carbocycles. The summed E-state index contributed by atoms with van der Waals surface area (Å²) in [6, 6.07) is 6.66. The molecule has 2 bridgehead atoms. The molecule has 0 spiro atoms. The van der Waals surface area contributed by atoms with Crippen LogP contribution in [0.15, 0.2) is 40.8 Å². The van der Waals surface area contributed by atoms with Gasteiger partial charge in [0.15, 0.2) is 0 Å². The van der Waals surface area contributed by atoms with E-state index in [2.05, 4.69) is 4.98 Å². The molecule has 3 aromatic rings. The summed E-state index contributed by atoms with van der Waals surface area (Å²) in [5, 5.41) is 3.14. The molecule has 2 atom stereocenters. The van der Waals surface area contributed by atoms with Gasteiger partial charge in [-0.05, 0) is 47.9 Å². The highest BCUT2D eigenvalue weighted by atomic mass is 35.5. The molecule has 0 radical (unpaired) electrons. The van der Waals surface area contributed by atoms with Gasteiger partial charge in [-0.15, -0.1) is 11.3 Å². The maximum atomic E-state index is 13.0. The molecule has 2 aromatic heterocycles. The number of carbonyl (C=O) groups excluding carboxylic acids is 2. The average Bonchev–Trinajstić information content (AvgIpc) is 3.26. The summed E-state index contributed by atoms with van der Waals surface area (Å²) in [5.41, 5.74) is 0.322. The van der Waals surface area contributed by atoms with Crippen molar-refractivity contribution in [1.29, 1.82) is 0 Å². The molecule has 0 N–H and O–H groups in total. The van der Waals surface area contributed by atoms with Crippen molar-refractivity contribution in [3.05, 3.63) is 61.9 Å². The van der Waals surface area contributed by atoms with E-state index in [0.717, 1.165) is 6.42 Å². The van der Waals surface area contributed by atoms with Crippen molar-refractivity contribution in [2.24, 2.45) is 11.8 Å². The van der Waals surface area contributed by atoms with Gasteiger partial charge in [0.05, 0.1) is 21.8 Å². The van der Waals surface area contributed by atoms with Crippen molar-refractivity contribution in [1.82, 2.24) is 19.4 Å². The molecule has 10 heteroatoms. The number of piperidine rings is 2. The van der Waals surface area contributed by atoms with Gasteiger partial charge in [0.2, 0.25) is 5.91 Å². The molecule has 4 heterocycles. The molecule has 2 aliphatic heterocycles. The number of hydrogen-bond acceptors (Lipinski definition) is 5. The molecular formula is C22H20Cl2N4O3S. The molecule has 7 nitrogen and oxygen atoms in total. The summed E-state index contributed by atoms with van der Waals surface area (Å²) in [6.07, 6.45) is 2.43. The van der Waals surface area contributed by atoms with Gasteiger partial charge >= 0.3 is 0 Å². The SMILES string of the molecule is O=C(Cn1cnc2sccc2c1=O)N1CC2CC(C1)CN(C(=O)c1ccc(Cl)c(Cl)c1)C2. The first-order valence-corrected chi connectivity index (χ1v) is 12.0. The lowest BCUT2D eigenvalue weighted by molar-refractivity contribution is -0.136. The molecule has 0 aliphatic carbocycles. The van der Waals surface area contributed by atoms with E-state index in [-0.39, 0.29) is 35.8 Å². The van der Waals surface area contributed by atoms with Crippen molar-refractivity contribution in [3.8, 4) is 0 Å². The molecular weight excluding hydrogens is 471 g/mol. The maximum absolute atomic E-state index is 13.0. The van der Waals surface area contributed by atoms with E-state index in [4.69, 9.17) is 23.2 Å². The molecule has 2 amide bonds. The second kappa shape index (κ2) is 8.50. The average molecular weight is 491 g/mol. The molecule has 32 heavy (non-hydrogen) atoms. The van der Waals surface area contributed by atoms with Crippen molar-refractivity contribution in [3.63, 3.8) is 0 Å². The highest BCUT2D eigenvalue weighted by Crippen LogP contribution is 2.30. The summed E-state index contributed by atoms with van der Waals surface area (Å²) >= 11 is 13.4. The first-order chi connectivity index (χ1) is 15.4. The third-order valence-electron chi connectivity index (χ3n) is 6.14. The van der Waals surface area contributed by atoms with Crippen LogP contribution in [-0.2, 0) is 11.3 Å². The number of halogens is 2. The number of amides is 2. The lowest BCUT2D eigenvalue weighted by atomic mass is 9.84. The number of aromatic nitrogens is 2. The fourth-order valence-electron chi connectivity index (χ4n) is 4.71. The molecule has 2 unspecified atom stereocenters. The quantitative estimate of drug-likeness (QED) is 0.563. The van der Waals surface area contributed by atoms with E-state index < -0.39 is 0 Å². The topological polar surface area (TPSA) is 75.5 Å². The van der Waals surface area contributed by atoms with E-state index >= 15 is 0 Å². The number of benzene rings is 1. The minimum Gasteiger partial charge on any atom is -0.340 e. The Morgan fingerprint density at radius 1 is 1.03 bits per heavy atom. The minimum atomic E-state index is -0.194. The number of thiophene rings is 1. The third kappa shape index (κ3) is 4.02. The smallest absolute Gasteiger partial charge is 0.262 e. The molecule has 5 rings (SSSR count). The largest absolute Gasteiger partial charge is 0.340 e. The van der Waals surface area contributed by atoms with Gasteiger partial charge in [0.1, 0.15) is 11.4 Å². The Kier molecular flexibility index (Phi) is 5.69. The number of likely N-dealkylation sites (tertiary alicyclic amines) is 2. The van der Waals surface area contributed by atoms with Crippen molar-refractivity contribution in [2.75, 3.05) is 26.2 Å². The van der Waals surface area contributed by atoms with Gasteiger partial charge in [0.25, 0.3) is 11.5 Å². The standard InChI is InChI=1S/C22H20Cl2N4O3S/c23-17-2-1-15(6-18(17)24)21(30)27-9-13-5-14(10-27)8-26(7-13)19(29)11-28-12-25-20-16(22(28)31)3-4-32-20/h1-4,6,12-14H,5,7-11H2. The summed E-state index contributed by atoms with van der Waals surface area (Å²) in [6.45, 7) is 2.29. The van der Waals surface area contributed by atoms with Gasteiger partial charge in [-0.2, -0.15) is 0 Å². The van der Waals surface area contributed by atoms with E-state index in [1.165, 1.54) is 22.2 Å². The highest BCUT2D eigenvalue weighted by Gasteiger charge is 2.37. The zero-order valence-corrected chi connectivity index (χ0v) is 19.4. The predicted octanol–water partition coefficient (Wildman–Crippen LogP) is 3.39. The molecule has 166 valence electrons. The number of rotatable bonds is 3. The Morgan fingerprint density at radius 2 is 1.75 bits per heavy atom. The lowest BCUT2D eigenvalue weighted by Crippen LogP contribution is -2.55. The predicted molar refractivity (Wildman–Crippen MR) is 124 cm³/mol. The van der Waals surface area contributed by atoms with E-state index in [1.54, 1.807) is 24.3 Å². The van der Waals surface area contributed by atoms with Crippen molar-refractivity contribution >= 4 is 56.6 Å². The van der Waals surface area contributed by atoms with Crippen LogP contribution in [0.4, 0.5) is 0 Å². The number of carbonyl (C=O) groups is 2. The molecule has 2 saturated heterocycles. The van der Waals surface area contributed by atoms with Crippen LogP contribution in [-0.4, -0.2) is 57.3 Å². The maximum Gasteiger partial charge on any atom is 0.262 e. The lowest BCUT2D eigenvalue weighted by Gasteiger charge is -2.45. The normalized spacial score (nSPS) is 20.6. The zero-order valence-electron chi connectivity index (χ0n) is 17.0. The van der Waals surface area contributed by atoms with Crippen LogP contribution < -0.4 is 5.56 Å². The van der Waals surface area contributed by atoms with Gasteiger partial charge in [-0.25, -0.2) is 4.98 Å². The Bertz CT molecular complexity index is 1260. The van der Waals surface area contributed by atoms with Gasteiger partial charge in [-0.3, -0.25) is 19.0 Å². The number of hydrogen-bond donors (Lipinski definition) is 0. The summed E-state index contributed by atoms with van der Waals surface area (Å²) < 4.78 is 1.38. The summed E-state index contributed by atoms with van der Waals surface area (Å²) in [7, 11) is 0. The van der Waals surface area contributed by atoms with Crippen LogP contribution >= 0.6 is 34.5 Å². The van der Waals surface area contributed by atoms with Crippen molar-refractivity contribution in [2.45, 2.75) is 13.0 Å². The summed E-state index contributed by atoms with van der Waals surface area (Å²) in [5.74, 6) is 0.238. The monoisotopic (exact) mass is 490 g/mol. The Labute approximate surface area is 198 Å². The number of nitrogens with zero attached hydrogens (tertiary/aromatic N) is 4. The minimum absolute atomic E-state index is 0.0248. The van der Waals surface area contributed by atoms with E-state index in [9.17, 15) is 14.4 Å². The number of fused-ring (bicyclic) bond motifs is 3. The second-order valence-electron chi connectivity index (χ2n) is 8.42. The highest BCUT2D eigenvalue weighted by molar-refractivity contribution is 7.16. The van der Waals surface area contributed by atoms with Gasteiger partial charge < -0.3 is 9.80 Å².